The van der Waals surface area contributed by atoms with Crippen molar-refractivity contribution in [2.24, 2.45) is 5.73 Å². The molecule has 3 N–H and O–H groups in total. The Morgan fingerprint density at radius 3 is 3.00 bits per heavy atom. The lowest BCUT2D eigenvalue weighted by Crippen LogP contribution is -2.11. The van der Waals surface area contributed by atoms with Crippen LogP contribution in [-0.4, -0.2) is 16.1 Å². The second-order valence-corrected chi connectivity index (χ2v) is 2.78. The number of rotatable bonds is 3. The zero-order chi connectivity index (χ0) is 10.6. The lowest BCUT2D eigenvalue weighted by Gasteiger charge is -2.07. The number of nitriles is 1. The van der Waals surface area contributed by atoms with E-state index in [1.807, 2.05) is 6.07 Å². The molecule has 14 heavy (non-hydrogen) atoms. The van der Waals surface area contributed by atoms with Crippen LogP contribution in [0.4, 0.5) is 0 Å². The molecule has 0 radical (unpaired) electrons. The zero-order valence-corrected chi connectivity index (χ0v) is 7.34. The van der Waals surface area contributed by atoms with Crippen LogP contribution in [-0.2, 0) is 0 Å². The summed E-state index contributed by atoms with van der Waals surface area (Å²) in [5.41, 5.74) is 6.26. The number of carboxylic acids is 1. The summed E-state index contributed by atoms with van der Waals surface area (Å²) in [5.74, 6) is -1.05. The van der Waals surface area contributed by atoms with E-state index < -0.39 is 12.0 Å². The molecular weight excluding hydrogens is 182 g/mol. The summed E-state index contributed by atoms with van der Waals surface area (Å²) in [4.78, 5) is 14.3. The predicted octanol–water partition coefficient (Wildman–Crippen LogP) is 0.693. The summed E-state index contributed by atoms with van der Waals surface area (Å²) in [7, 11) is 0. The topological polar surface area (TPSA) is 100 Å². The lowest BCUT2D eigenvalue weighted by atomic mass is 10.1. The molecule has 1 aromatic heterocycles. The monoisotopic (exact) mass is 191 g/mol. The number of aromatic nitrogens is 1. The van der Waals surface area contributed by atoms with Crippen molar-refractivity contribution < 1.29 is 9.90 Å². The predicted molar refractivity (Wildman–Crippen MR) is 48.4 cm³/mol. The van der Waals surface area contributed by atoms with Crippen molar-refractivity contribution >= 4 is 5.97 Å². The summed E-state index contributed by atoms with van der Waals surface area (Å²) < 4.78 is 0. The quantitative estimate of drug-likeness (QED) is 0.732. The first kappa shape index (κ1) is 10.2. The summed E-state index contributed by atoms with van der Waals surface area (Å²) in [6.45, 7) is 0. The highest BCUT2D eigenvalue weighted by molar-refractivity contribution is 5.87. The van der Waals surface area contributed by atoms with Gasteiger partial charge < -0.3 is 10.8 Å². The molecule has 0 amide bonds. The zero-order valence-electron chi connectivity index (χ0n) is 7.34. The highest BCUT2D eigenvalue weighted by Crippen LogP contribution is 2.13. The molecule has 0 spiro atoms. The van der Waals surface area contributed by atoms with Crippen LogP contribution in [0.5, 0.6) is 0 Å². The van der Waals surface area contributed by atoms with Gasteiger partial charge in [0.1, 0.15) is 0 Å². The van der Waals surface area contributed by atoms with E-state index in [-0.39, 0.29) is 12.0 Å². The van der Waals surface area contributed by atoms with Crippen LogP contribution in [0.25, 0.3) is 0 Å². The van der Waals surface area contributed by atoms with E-state index in [9.17, 15) is 4.79 Å². The number of nitrogens with two attached hydrogens (primary N) is 1. The first-order valence-electron chi connectivity index (χ1n) is 3.96. The molecule has 0 aliphatic heterocycles. The summed E-state index contributed by atoms with van der Waals surface area (Å²) in [5, 5.41) is 17.1. The number of carboxylic acid groups (broad SMARTS) is 1. The summed E-state index contributed by atoms with van der Waals surface area (Å²) >= 11 is 0. The molecule has 0 aromatic carbocycles. The Bertz CT molecular complexity index is 384. The Kier molecular flexibility index (Phi) is 3.15. The Balaban J connectivity index is 2.94. The van der Waals surface area contributed by atoms with E-state index in [2.05, 4.69) is 4.98 Å². The minimum absolute atomic E-state index is 0.0795. The average molecular weight is 191 g/mol. The first-order chi connectivity index (χ1) is 6.65. The molecule has 0 aliphatic carbocycles. The van der Waals surface area contributed by atoms with E-state index in [0.29, 0.717) is 5.56 Å². The lowest BCUT2D eigenvalue weighted by molar-refractivity contribution is 0.0696. The largest absolute Gasteiger partial charge is 0.478 e. The molecular formula is C9H9N3O2. The minimum Gasteiger partial charge on any atom is -0.478 e. The highest BCUT2D eigenvalue weighted by Gasteiger charge is 2.09. The molecule has 1 heterocycles. The van der Waals surface area contributed by atoms with Gasteiger partial charge in [-0.2, -0.15) is 5.26 Å². The standard InChI is InChI=1S/C9H9N3O2/c10-2-1-8(11)6-3-7(9(13)14)5-12-4-6/h3-5,8H,1,11H2,(H,13,14)/t8-/m1/s1. The number of aromatic carboxylic acids is 1. The Morgan fingerprint density at radius 2 is 2.43 bits per heavy atom. The smallest absolute Gasteiger partial charge is 0.337 e. The molecule has 1 aromatic rings. The molecule has 72 valence electrons. The van der Waals surface area contributed by atoms with Crippen LogP contribution in [0, 0.1) is 11.3 Å². The minimum atomic E-state index is -1.05. The number of nitrogens with zero attached hydrogens (tertiary/aromatic N) is 2. The highest BCUT2D eigenvalue weighted by atomic mass is 16.4. The van der Waals surface area contributed by atoms with Crippen molar-refractivity contribution in [1.29, 1.82) is 5.26 Å². The van der Waals surface area contributed by atoms with E-state index in [1.54, 1.807) is 0 Å². The molecule has 5 nitrogen and oxygen atoms in total. The second kappa shape index (κ2) is 4.35. The van der Waals surface area contributed by atoms with Crippen molar-refractivity contribution in [3.05, 3.63) is 29.6 Å². The maximum atomic E-state index is 10.6. The van der Waals surface area contributed by atoms with Crippen LogP contribution in [0.1, 0.15) is 28.4 Å². The molecule has 0 fully saturated rings. The maximum Gasteiger partial charge on any atom is 0.337 e. The molecule has 1 rings (SSSR count). The van der Waals surface area contributed by atoms with Crippen LogP contribution >= 0.6 is 0 Å². The molecule has 0 saturated carbocycles. The third kappa shape index (κ3) is 2.28. The van der Waals surface area contributed by atoms with Crippen LogP contribution < -0.4 is 5.73 Å². The molecule has 0 aliphatic rings. The van der Waals surface area contributed by atoms with Crippen LogP contribution in [0.3, 0.4) is 0 Å². The number of pyridine rings is 1. The van der Waals surface area contributed by atoms with Gasteiger partial charge in [0.2, 0.25) is 0 Å². The number of carbonyl (C=O) groups is 1. The van der Waals surface area contributed by atoms with Crippen LogP contribution in [0.2, 0.25) is 0 Å². The third-order valence-electron chi connectivity index (χ3n) is 1.75. The molecule has 1 atom stereocenters. The fraction of sp³-hybridized carbons (Fsp3) is 0.222. The Morgan fingerprint density at radius 1 is 1.71 bits per heavy atom. The normalized spacial score (nSPS) is 11.7. The molecule has 5 heteroatoms. The van der Waals surface area contributed by atoms with Gasteiger partial charge in [0.25, 0.3) is 0 Å². The van der Waals surface area contributed by atoms with Crippen molar-refractivity contribution in [2.75, 3.05) is 0 Å². The van der Waals surface area contributed by atoms with Gasteiger partial charge in [0, 0.05) is 18.4 Å². The second-order valence-electron chi connectivity index (χ2n) is 2.78. The SMILES string of the molecule is N#CC[C@@H](N)c1cncc(C(=O)O)c1. The van der Waals surface area contributed by atoms with Gasteiger partial charge >= 0.3 is 5.97 Å². The first-order valence-corrected chi connectivity index (χ1v) is 3.96. The van der Waals surface area contributed by atoms with Gasteiger partial charge in [-0.1, -0.05) is 0 Å². The van der Waals surface area contributed by atoms with Gasteiger partial charge in [0.05, 0.1) is 18.1 Å². The van der Waals surface area contributed by atoms with Crippen molar-refractivity contribution in [1.82, 2.24) is 4.98 Å². The summed E-state index contributed by atoms with van der Waals surface area (Å²) in [6, 6.07) is 2.86. The van der Waals surface area contributed by atoms with Gasteiger partial charge in [-0.3, -0.25) is 4.98 Å². The van der Waals surface area contributed by atoms with Gasteiger partial charge in [-0.05, 0) is 11.6 Å². The molecule has 0 saturated heterocycles. The molecule has 0 unspecified atom stereocenters. The van der Waals surface area contributed by atoms with Crippen LogP contribution in [0.15, 0.2) is 18.5 Å². The van der Waals surface area contributed by atoms with E-state index in [1.165, 1.54) is 18.5 Å². The van der Waals surface area contributed by atoms with Crippen molar-refractivity contribution in [3.63, 3.8) is 0 Å². The van der Waals surface area contributed by atoms with Crippen molar-refractivity contribution in [2.45, 2.75) is 12.5 Å². The fourth-order valence-corrected chi connectivity index (χ4v) is 0.994. The van der Waals surface area contributed by atoms with E-state index in [4.69, 9.17) is 16.1 Å². The van der Waals surface area contributed by atoms with E-state index >= 15 is 0 Å². The van der Waals surface area contributed by atoms with Gasteiger partial charge in [0.15, 0.2) is 0 Å². The Hall–Kier alpha value is -1.93. The molecule has 0 bridgehead atoms. The summed E-state index contributed by atoms with van der Waals surface area (Å²) in [6.07, 6.45) is 2.85. The van der Waals surface area contributed by atoms with E-state index in [0.717, 1.165) is 0 Å². The number of hydrogen-bond donors (Lipinski definition) is 2. The van der Waals surface area contributed by atoms with Crippen molar-refractivity contribution in [3.8, 4) is 6.07 Å². The third-order valence-corrected chi connectivity index (χ3v) is 1.75. The maximum absolute atomic E-state index is 10.6. The number of hydrogen-bond acceptors (Lipinski definition) is 4. The fourth-order valence-electron chi connectivity index (χ4n) is 0.994. The van der Waals surface area contributed by atoms with Gasteiger partial charge in [-0.15, -0.1) is 0 Å². The average Bonchev–Trinajstić information content (AvgIpc) is 2.18. The Labute approximate surface area is 80.8 Å². The van der Waals surface area contributed by atoms with Gasteiger partial charge in [-0.25, -0.2) is 4.79 Å².